The van der Waals surface area contributed by atoms with Gasteiger partial charge in [0.05, 0.1) is 4.92 Å². The Bertz CT molecular complexity index is 924. The summed E-state index contributed by atoms with van der Waals surface area (Å²) in [7, 11) is 0. The van der Waals surface area contributed by atoms with Crippen molar-refractivity contribution in [3.05, 3.63) is 75.5 Å². The molecule has 8 nitrogen and oxygen atoms in total. The monoisotopic (exact) mass is 367 g/mol. The summed E-state index contributed by atoms with van der Waals surface area (Å²) in [5.41, 5.74) is 1.16. The van der Waals surface area contributed by atoms with Gasteiger partial charge in [-0.2, -0.15) is 0 Å². The van der Waals surface area contributed by atoms with Crippen molar-refractivity contribution in [1.82, 2.24) is 10.2 Å². The first-order chi connectivity index (χ1) is 13.0. The van der Waals surface area contributed by atoms with Gasteiger partial charge in [-0.05, 0) is 30.2 Å². The average Bonchev–Trinajstić information content (AvgIpc) is 2.94. The van der Waals surface area contributed by atoms with Crippen molar-refractivity contribution in [2.24, 2.45) is 0 Å². The lowest BCUT2D eigenvalue weighted by Crippen LogP contribution is -2.30. The van der Waals surface area contributed by atoms with Crippen molar-refractivity contribution >= 4 is 23.7 Å². The fourth-order valence-electron chi connectivity index (χ4n) is 2.65. The van der Waals surface area contributed by atoms with E-state index in [2.05, 4.69) is 5.32 Å². The van der Waals surface area contributed by atoms with Gasteiger partial charge in [0, 0.05) is 12.6 Å². The Labute approximate surface area is 155 Å². The molecule has 0 unspecified atom stereocenters. The smallest absolute Gasteiger partial charge is 0.328 e. The zero-order chi connectivity index (χ0) is 19.4. The Morgan fingerprint density at radius 2 is 1.93 bits per heavy atom. The van der Waals surface area contributed by atoms with Gasteiger partial charge in [0.25, 0.3) is 5.91 Å². The third kappa shape index (κ3) is 3.95. The maximum Gasteiger partial charge on any atom is 0.328 e. The number of urea groups is 1. The van der Waals surface area contributed by atoms with E-state index in [1.165, 1.54) is 18.2 Å². The standard InChI is InChI=1S/C19H17N3O5/c1-2-21-18(23)15(20-19(21)24)10-14-8-9-17(16(11-14)22(25)26)27-12-13-6-4-3-5-7-13/h3-11H,2,12H2,1H3,(H,20,24)/b15-10+. The van der Waals surface area contributed by atoms with E-state index in [1.807, 2.05) is 30.3 Å². The number of likely N-dealkylation sites (N-methyl/N-ethyl adjacent to an activating group) is 1. The highest BCUT2D eigenvalue weighted by molar-refractivity contribution is 6.13. The molecule has 27 heavy (non-hydrogen) atoms. The number of benzene rings is 2. The van der Waals surface area contributed by atoms with E-state index in [1.54, 1.807) is 13.0 Å². The van der Waals surface area contributed by atoms with E-state index in [9.17, 15) is 19.7 Å². The number of hydrogen-bond donors (Lipinski definition) is 1. The predicted octanol–water partition coefficient (Wildman–Crippen LogP) is 3.09. The molecule has 0 saturated carbocycles. The number of ether oxygens (including phenoxy) is 1. The lowest BCUT2D eigenvalue weighted by molar-refractivity contribution is -0.386. The molecule has 3 rings (SSSR count). The molecule has 1 aliphatic heterocycles. The second-order valence-electron chi connectivity index (χ2n) is 5.80. The molecule has 1 saturated heterocycles. The van der Waals surface area contributed by atoms with Crippen molar-refractivity contribution in [2.75, 3.05) is 6.54 Å². The Kier molecular flexibility index (Phi) is 5.16. The molecule has 0 radical (unpaired) electrons. The fraction of sp³-hybridized carbons (Fsp3) is 0.158. The number of carbonyl (C=O) groups is 2. The summed E-state index contributed by atoms with van der Waals surface area (Å²) in [6.07, 6.45) is 1.41. The molecule has 1 heterocycles. The third-order valence-corrected chi connectivity index (χ3v) is 4.01. The summed E-state index contributed by atoms with van der Waals surface area (Å²) in [6, 6.07) is 13.2. The molecule has 138 valence electrons. The summed E-state index contributed by atoms with van der Waals surface area (Å²) in [4.78, 5) is 35.7. The second-order valence-corrected chi connectivity index (χ2v) is 5.80. The van der Waals surface area contributed by atoms with Crippen LogP contribution in [0.1, 0.15) is 18.1 Å². The number of nitrogens with one attached hydrogen (secondary N) is 1. The molecule has 8 heteroatoms. The van der Waals surface area contributed by atoms with E-state index >= 15 is 0 Å². The van der Waals surface area contributed by atoms with Gasteiger partial charge < -0.3 is 10.1 Å². The van der Waals surface area contributed by atoms with Crippen molar-refractivity contribution in [3.8, 4) is 5.75 Å². The van der Waals surface area contributed by atoms with Crippen LogP contribution in [0.2, 0.25) is 0 Å². The van der Waals surface area contributed by atoms with Crippen LogP contribution in [-0.4, -0.2) is 28.3 Å². The molecule has 0 atom stereocenters. The zero-order valence-corrected chi connectivity index (χ0v) is 14.5. The Morgan fingerprint density at radius 1 is 1.19 bits per heavy atom. The van der Waals surface area contributed by atoms with Crippen LogP contribution in [-0.2, 0) is 11.4 Å². The van der Waals surface area contributed by atoms with Crippen molar-refractivity contribution in [3.63, 3.8) is 0 Å². The zero-order valence-electron chi connectivity index (χ0n) is 14.5. The summed E-state index contributed by atoms with van der Waals surface area (Å²) in [5.74, 6) is -0.336. The van der Waals surface area contributed by atoms with Gasteiger partial charge in [-0.3, -0.25) is 19.8 Å². The van der Waals surface area contributed by atoms with Gasteiger partial charge in [-0.25, -0.2) is 4.79 Å². The SMILES string of the molecule is CCN1C(=O)N/C(=C/c2ccc(OCc3ccccc3)c([N+](=O)[O-])c2)C1=O. The minimum absolute atomic E-state index is 0.0779. The van der Waals surface area contributed by atoms with Crippen LogP contribution in [0.5, 0.6) is 5.75 Å². The molecular weight excluding hydrogens is 350 g/mol. The molecule has 0 spiro atoms. The first kappa shape index (κ1) is 18.1. The second kappa shape index (κ2) is 7.69. The number of nitro groups is 1. The van der Waals surface area contributed by atoms with E-state index < -0.39 is 16.9 Å². The molecular formula is C19H17N3O5. The first-order valence-corrected chi connectivity index (χ1v) is 8.29. The van der Waals surface area contributed by atoms with Crippen LogP contribution in [0, 0.1) is 10.1 Å². The minimum atomic E-state index is -0.546. The number of rotatable bonds is 6. The van der Waals surface area contributed by atoms with Gasteiger partial charge in [-0.1, -0.05) is 36.4 Å². The topological polar surface area (TPSA) is 102 Å². The Morgan fingerprint density at radius 3 is 2.56 bits per heavy atom. The highest BCUT2D eigenvalue weighted by Gasteiger charge is 2.32. The maximum atomic E-state index is 12.1. The van der Waals surface area contributed by atoms with Crippen LogP contribution in [0.15, 0.2) is 54.2 Å². The number of nitro benzene ring substituents is 1. The maximum absolute atomic E-state index is 12.1. The summed E-state index contributed by atoms with van der Waals surface area (Å²) < 4.78 is 5.57. The minimum Gasteiger partial charge on any atom is -0.482 e. The van der Waals surface area contributed by atoms with Crippen molar-refractivity contribution in [1.29, 1.82) is 0 Å². The van der Waals surface area contributed by atoms with Crippen LogP contribution >= 0.6 is 0 Å². The molecule has 0 bridgehead atoms. The van der Waals surface area contributed by atoms with Crippen LogP contribution in [0.25, 0.3) is 6.08 Å². The first-order valence-electron chi connectivity index (χ1n) is 8.29. The molecule has 1 aliphatic rings. The van der Waals surface area contributed by atoms with Gasteiger partial charge >= 0.3 is 11.7 Å². The predicted molar refractivity (Wildman–Crippen MR) is 97.8 cm³/mol. The fourth-order valence-corrected chi connectivity index (χ4v) is 2.65. The van der Waals surface area contributed by atoms with Gasteiger partial charge in [-0.15, -0.1) is 0 Å². The Balaban J connectivity index is 1.84. The quantitative estimate of drug-likeness (QED) is 0.366. The van der Waals surface area contributed by atoms with Crippen LogP contribution in [0.4, 0.5) is 10.5 Å². The van der Waals surface area contributed by atoms with E-state index in [0.717, 1.165) is 10.5 Å². The molecule has 0 aromatic heterocycles. The molecule has 2 aromatic carbocycles. The van der Waals surface area contributed by atoms with Crippen LogP contribution in [0.3, 0.4) is 0 Å². The number of hydrogen-bond acceptors (Lipinski definition) is 5. The third-order valence-electron chi connectivity index (χ3n) is 4.01. The molecule has 0 aliphatic carbocycles. The Hall–Kier alpha value is -3.68. The molecule has 1 N–H and O–H groups in total. The molecule has 3 amide bonds. The largest absolute Gasteiger partial charge is 0.482 e. The number of nitrogens with zero attached hydrogens (tertiary/aromatic N) is 2. The van der Waals surface area contributed by atoms with E-state index in [-0.39, 0.29) is 30.3 Å². The highest BCUT2D eigenvalue weighted by Crippen LogP contribution is 2.30. The normalized spacial score (nSPS) is 15.1. The number of imide groups is 1. The number of amides is 3. The van der Waals surface area contributed by atoms with Crippen molar-refractivity contribution < 1.29 is 19.2 Å². The lowest BCUT2D eigenvalue weighted by Gasteiger charge is -2.08. The van der Waals surface area contributed by atoms with Gasteiger partial charge in [0.1, 0.15) is 12.3 Å². The molecule has 2 aromatic rings. The summed E-state index contributed by atoms with van der Waals surface area (Å²) in [5, 5.41) is 13.9. The number of carbonyl (C=O) groups excluding carboxylic acids is 2. The summed E-state index contributed by atoms with van der Waals surface area (Å²) >= 11 is 0. The summed E-state index contributed by atoms with van der Waals surface area (Å²) in [6.45, 7) is 2.13. The van der Waals surface area contributed by atoms with E-state index in [4.69, 9.17) is 4.74 Å². The van der Waals surface area contributed by atoms with Gasteiger partial charge in [0.2, 0.25) is 0 Å². The lowest BCUT2D eigenvalue weighted by atomic mass is 10.1. The van der Waals surface area contributed by atoms with Crippen LogP contribution < -0.4 is 10.1 Å². The van der Waals surface area contributed by atoms with Crippen molar-refractivity contribution in [2.45, 2.75) is 13.5 Å². The molecule has 1 fully saturated rings. The highest BCUT2D eigenvalue weighted by atomic mass is 16.6. The van der Waals surface area contributed by atoms with E-state index in [0.29, 0.717) is 5.56 Å². The van der Waals surface area contributed by atoms with Gasteiger partial charge in [0.15, 0.2) is 5.75 Å². The average molecular weight is 367 g/mol.